The molecule has 6 nitrogen and oxygen atoms in total. The summed E-state index contributed by atoms with van der Waals surface area (Å²) in [4.78, 5) is 23.7. The van der Waals surface area contributed by atoms with Crippen molar-refractivity contribution in [1.29, 1.82) is 0 Å². The number of aryl methyl sites for hydroxylation is 2. The maximum absolute atomic E-state index is 12.6. The highest BCUT2D eigenvalue weighted by Crippen LogP contribution is 2.31. The van der Waals surface area contributed by atoms with Crippen LogP contribution in [0, 0.1) is 12.8 Å². The molecule has 1 fully saturated rings. The summed E-state index contributed by atoms with van der Waals surface area (Å²) in [6.45, 7) is 4.25. The molecule has 1 saturated heterocycles. The van der Waals surface area contributed by atoms with Gasteiger partial charge in [0.2, 0.25) is 5.91 Å². The molecule has 4 rings (SSSR count). The highest BCUT2D eigenvalue weighted by molar-refractivity contribution is 5.79. The van der Waals surface area contributed by atoms with Crippen molar-refractivity contribution in [3.63, 3.8) is 0 Å². The molecule has 2 aromatic carbocycles. The Hall–Kier alpha value is -3.41. The second-order valence-electron chi connectivity index (χ2n) is 8.25. The molecule has 2 heterocycles. The van der Waals surface area contributed by atoms with Gasteiger partial charge in [0.25, 0.3) is 5.88 Å². The van der Waals surface area contributed by atoms with Gasteiger partial charge in [0.05, 0.1) is 0 Å². The maximum atomic E-state index is 12.6. The number of hydrogen-bond donors (Lipinski definition) is 1. The molecule has 1 aliphatic rings. The molecule has 0 unspecified atom stereocenters. The first-order valence-corrected chi connectivity index (χ1v) is 11.3. The van der Waals surface area contributed by atoms with E-state index in [1.54, 1.807) is 12.4 Å². The number of ether oxygens (including phenoxy) is 1. The van der Waals surface area contributed by atoms with Crippen molar-refractivity contribution in [1.82, 2.24) is 15.3 Å². The highest BCUT2D eigenvalue weighted by atomic mass is 16.5. The molecule has 1 aromatic heterocycles. The summed E-state index contributed by atoms with van der Waals surface area (Å²) < 4.78 is 6.03. The van der Waals surface area contributed by atoms with Gasteiger partial charge in [-0.1, -0.05) is 42.5 Å². The van der Waals surface area contributed by atoms with Gasteiger partial charge in [-0.05, 0) is 55.9 Å². The molecule has 0 spiro atoms. The smallest absolute Gasteiger partial charge is 0.263 e. The third-order valence-electron chi connectivity index (χ3n) is 5.80. The Morgan fingerprint density at radius 1 is 1.06 bits per heavy atom. The van der Waals surface area contributed by atoms with Gasteiger partial charge in [-0.3, -0.25) is 4.79 Å². The molecule has 32 heavy (non-hydrogen) atoms. The van der Waals surface area contributed by atoms with E-state index in [2.05, 4.69) is 44.5 Å². The Bertz CT molecular complexity index is 1020. The molecule has 1 N–H and O–H groups in total. The molecule has 0 radical (unpaired) electrons. The zero-order chi connectivity index (χ0) is 22.2. The number of rotatable bonds is 8. The number of nitrogens with one attached hydrogen (secondary N) is 1. The van der Waals surface area contributed by atoms with E-state index in [0.29, 0.717) is 12.4 Å². The number of anilines is 1. The Labute approximate surface area is 189 Å². The van der Waals surface area contributed by atoms with E-state index >= 15 is 0 Å². The summed E-state index contributed by atoms with van der Waals surface area (Å²) in [5, 5.41) is 3.12. The summed E-state index contributed by atoms with van der Waals surface area (Å²) in [5.74, 6) is 2.18. The first-order chi connectivity index (χ1) is 15.7. The van der Waals surface area contributed by atoms with Crippen molar-refractivity contribution >= 4 is 11.7 Å². The molecule has 0 atom stereocenters. The summed E-state index contributed by atoms with van der Waals surface area (Å²) in [6, 6.07) is 18.3. The van der Waals surface area contributed by atoms with Crippen LogP contribution in [0.15, 0.2) is 67.0 Å². The molecule has 0 aliphatic carbocycles. The Morgan fingerprint density at radius 3 is 2.62 bits per heavy atom. The first kappa shape index (κ1) is 21.8. The van der Waals surface area contributed by atoms with E-state index in [1.807, 2.05) is 37.3 Å². The van der Waals surface area contributed by atoms with Gasteiger partial charge >= 0.3 is 0 Å². The van der Waals surface area contributed by atoms with E-state index in [0.717, 1.165) is 55.9 Å². The average Bonchev–Trinajstić information content (AvgIpc) is 2.83. The number of carbonyl (C=O) groups is 1. The lowest BCUT2D eigenvalue weighted by Crippen LogP contribution is -2.41. The van der Waals surface area contributed by atoms with Gasteiger partial charge < -0.3 is 15.0 Å². The van der Waals surface area contributed by atoms with E-state index in [9.17, 15) is 4.79 Å². The van der Waals surface area contributed by atoms with E-state index in [1.165, 1.54) is 5.56 Å². The van der Waals surface area contributed by atoms with Gasteiger partial charge in [-0.15, -0.1) is 0 Å². The molecule has 166 valence electrons. The zero-order valence-electron chi connectivity index (χ0n) is 18.5. The summed E-state index contributed by atoms with van der Waals surface area (Å²) in [6.07, 6.45) is 6.86. The number of nitrogens with zero attached hydrogens (tertiary/aromatic N) is 3. The van der Waals surface area contributed by atoms with E-state index < -0.39 is 0 Å². The topological polar surface area (TPSA) is 67.4 Å². The molecule has 1 amide bonds. The Balaban J connectivity index is 1.27. The molecular weight excluding hydrogens is 400 g/mol. The lowest BCUT2D eigenvalue weighted by atomic mass is 9.96. The number of benzene rings is 2. The van der Waals surface area contributed by atoms with Crippen LogP contribution in [0.3, 0.4) is 0 Å². The quantitative estimate of drug-likeness (QED) is 0.532. The minimum Gasteiger partial charge on any atom is -0.436 e. The summed E-state index contributed by atoms with van der Waals surface area (Å²) in [5.41, 5.74) is 2.44. The molecule has 1 aliphatic heterocycles. The average molecular weight is 431 g/mol. The maximum Gasteiger partial charge on any atom is 0.263 e. The van der Waals surface area contributed by atoms with Crippen LogP contribution in [0.4, 0.5) is 5.82 Å². The van der Waals surface area contributed by atoms with Crippen molar-refractivity contribution < 1.29 is 9.53 Å². The van der Waals surface area contributed by atoms with Gasteiger partial charge in [0.15, 0.2) is 5.82 Å². The van der Waals surface area contributed by atoms with Gasteiger partial charge in [-0.25, -0.2) is 9.97 Å². The van der Waals surface area contributed by atoms with Crippen LogP contribution in [0.25, 0.3) is 0 Å². The molecular formula is C26H30N4O2. The predicted molar refractivity (Wildman–Crippen MR) is 126 cm³/mol. The standard InChI is InChI=1S/C26H30N4O2/c1-20-7-5-11-23(19-20)32-26-24(27-15-16-29-26)30-17-12-22(13-18-30)25(31)28-14-6-10-21-8-3-2-4-9-21/h2-5,7-9,11,15-16,19,22H,6,10,12-14,17-18H2,1H3,(H,28,31). The number of aromatic nitrogens is 2. The van der Waals surface area contributed by atoms with Gasteiger partial charge in [-0.2, -0.15) is 0 Å². The summed E-state index contributed by atoms with van der Waals surface area (Å²) >= 11 is 0. The minimum atomic E-state index is 0.0424. The van der Waals surface area contributed by atoms with Crippen LogP contribution >= 0.6 is 0 Å². The van der Waals surface area contributed by atoms with Crippen molar-refractivity contribution in [3.05, 3.63) is 78.1 Å². The van der Waals surface area contributed by atoms with E-state index in [4.69, 9.17) is 4.74 Å². The molecule has 3 aromatic rings. The second kappa shape index (κ2) is 10.8. The van der Waals surface area contributed by atoms with Crippen molar-refractivity contribution in [2.75, 3.05) is 24.5 Å². The Morgan fingerprint density at radius 2 is 1.84 bits per heavy atom. The van der Waals surface area contributed by atoms with Crippen LogP contribution in [-0.2, 0) is 11.2 Å². The van der Waals surface area contributed by atoms with Crippen molar-refractivity contribution in [2.24, 2.45) is 5.92 Å². The Kier molecular flexibility index (Phi) is 7.33. The van der Waals surface area contributed by atoms with Crippen LogP contribution in [-0.4, -0.2) is 35.5 Å². The summed E-state index contributed by atoms with van der Waals surface area (Å²) in [7, 11) is 0. The largest absolute Gasteiger partial charge is 0.436 e. The van der Waals surface area contributed by atoms with Gasteiger partial charge in [0.1, 0.15) is 5.75 Å². The van der Waals surface area contributed by atoms with Gasteiger partial charge in [0, 0.05) is 37.9 Å². The second-order valence-corrected chi connectivity index (χ2v) is 8.25. The third kappa shape index (κ3) is 5.84. The number of piperidine rings is 1. The zero-order valence-corrected chi connectivity index (χ0v) is 18.5. The number of hydrogen-bond acceptors (Lipinski definition) is 5. The lowest BCUT2D eigenvalue weighted by molar-refractivity contribution is -0.125. The molecule has 0 bridgehead atoms. The van der Waals surface area contributed by atoms with Crippen LogP contribution in [0.5, 0.6) is 11.6 Å². The fourth-order valence-corrected chi connectivity index (χ4v) is 4.04. The van der Waals surface area contributed by atoms with Crippen molar-refractivity contribution in [2.45, 2.75) is 32.6 Å². The first-order valence-electron chi connectivity index (χ1n) is 11.3. The molecule has 0 saturated carbocycles. The van der Waals surface area contributed by atoms with Crippen LogP contribution in [0.2, 0.25) is 0 Å². The lowest BCUT2D eigenvalue weighted by Gasteiger charge is -2.32. The molecule has 6 heteroatoms. The normalized spacial score (nSPS) is 14.2. The fraction of sp³-hybridized carbons (Fsp3) is 0.346. The monoisotopic (exact) mass is 430 g/mol. The van der Waals surface area contributed by atoms with Crippen molar-refractivity contribution in [3.8, 4) is 11.6 Å². The fourth-order valence-electron chi connectivity index (χ4n) is 4.04. The van der Waals surface area contributed by atoms with Crippen LogP contribution < -0.4 is 15.0 Å². The SMILES string of the molecule is Cc1cccc(Oc2nccnc2N2CCC(C(=O)NCCCc3ccccc3)CC2)c1. The predicted octanol–water partition coefficient (Wildman–Crippen LogP) is 4.54. The number of carbonyl (C=O) groups excluding carboxylic acids is 1. The number of amides is 1. The van der Waals surface area contributed by atoms with E-state index in [-0.39, 0.29) is 11.8 Å². The minimum absolute atomic E-state index is 0.0424. The highest BCUT2D eigenvalue weighted by Gasteiger charge is 2.27. The van der Waals surface area contributed by atoms with Crippen LogP contribution in [0.1, 0.15) is 30.4 Å². The third-order valence-corrected chi connectivity index (χ3v) is 5.80.